The lowest BCUT2D eigenvalue weighted by Gasteiger charge is -2.32. The average Bonchev–Trinajstić information content (AvgIpc) is 2.99. The molecule has 2 aliphatic rings. The first kappa shape index (κ1) is 10.4. The summed E-state index contributed by atoms with van der Waals surface area (Å²) in [6.45, 7) is 5.27. The van der Waals surface area contributed by atoms with E-state index in [9.17, 15) is 0 Å². The minimum absolute atomic E-state index is 0.910. The molecule has 1 unspecified atom stereocenters. The summed E-state index contributed by atoms with van der Waals surface area (Å²) >= 11 is 0. The lowest BCUT2D eigenvalue weighted by atomic mass is 9.98. The van der Waals surface area contributed by atoms with E-state index in [2.05, 4.69) is 17.3 Å². The van der Waals surface area contributed by atoms with Gasteiger partial charge < -0.3 is 10.2 Å². The van der Waals surface area contributed by atoms with Crippen LogP contribution >= 0.6 is 0 Å². The molecule has 0 bridgehead atoms. The van der Waals surface area contributed by atoms with Crippen molar-refractivity contribution < 1.29 is 0 Å². The van der Waals surface area contributed by atoms with E-state index >= 15 is 0 Å². The van der Waals surface area contributed by atoms with Gasteiger partial charge in [-0.1, -0.05) is 12.8 Å². The van der Waals surface area contributed by atoms with Crippen LogP contribution in [0, 0.1) is 11.8 Å². The summed E-state index contributed by atoms with van der Waals surface area (Å²) < 4.78 is 0. The Hall–Kier alpha value is -0.0800. The zero-order chi connectivity index (χ0) is 9.80. The van der Waals surface area contributed by atoms with Crippen molar-refractivity contribution in [2.75, 3.05) is 33.2 Å². The van der Waals surface area contributed by atoms with Gasteiger partial charge in [0.1, 0.15) is 0 Å². The van der Waals surface area contributed by atoms with Crippen LogP contribution < -0.4 is 5.32 Å². The molecule has 1 heterocycles. The van der Waals surface area contributed by atoms with Crippen molar-refractivity contribution in [3.63, 3.8) is 0 Å². The molecule has 0 amide bonds. The van der Waals surface area contributed by atoms with Gasteiger partial charge in [-0.2, -0.15) is 0 Å². The third-order valence-electron chi connectivity index (χ3n) is 3.65. The number of nitrogens with one attached hydrogen (secondary N) is 1. The third kappa shape index (κ3) is 3.25. The Morgan fingerprint density at radius 1 is 1.21 bits per heavy atom. The molecule has 1 aliphatic carbocycles. The van der Waals surface area contributed by atoms with E-state index in [-0.39, 0.29) is 0 Å². The van der Waals surface area contributed by atoms with Gasteiger partial charge in [-0.25, -0.2) is 0 Å². The highest BCUT2D eigenvalue weighted by molar-refractivity contribution is 4.78. The van der Waals surface area contributed by atoms with Crippen LogP contribution in [0.2, 0.25) is 0 Å². The summed E-state index contributed by atoms with van der Waals surface area (Å²) in [7, 11) is 2.07. The van der Waals surface area contributed by atoms with E-state index in [0.29, 0.717) is 0 Å². The summed E-state index contributed by atoms with van der Waals surface area (Å²) in [6.07, 6.45) is 7.33. The SMILES string of the molecule is CNCC1CCCN(CCC2CC2)C1. The van der Waals surface area contributed by atoms with Crippen molar-refractivity contribution >= 4 is 0 Å². The zero-order valence-electron chi connectivity index (χ0n) is 9.47. The zero-order valence-corrected chi connectivity index (χ0v) is 9.47. The molecule has 1 atom stereocenters. The molecule has 0 spiro atoms. The predicted octanol–water partition coefficient (Wildman–Crippen LogP) is 1.72. The van der Waals surface area contributed by atoms with Crippen molar-refractivity contribution in [1.29, 1.82) is 0 Å². The second-order valence-corrected chi connectivity index (χ2v) is 5.10. The van der Waals surface area contributed by atoms with Crippen LogP contribution in [-0.4, -0.2) is 38.1 Å². The first-order valence-corrected chi connectivity index (χ1v) is 6.25. The van der Waals surface area contributed by atoms with Crippen LogP contribution in [0.5, 0.6) is 0 Å². The normalized spacial score (nSPS) is 29.4. The summed E-state index contributed by atoms with van der Waals surface area (Å²) in [4.78, 5) is 2.68. The van der Waals surface area contributed by atoms with Gasteiger partial charge in [0.25, 0.3) is 0 Å². The lowest BCUT2D eigenvalue weighted by molar-refractivity contribution is 0.170. The molecular formula is C12H24N2. The minimum Gasteiger partial charge on any atom is -0.319 e. The maximum atomic E-state index is 3.31. The summed E-state index contributed by atoms with van der Waals surface area (Å²) in [6, 6.07) is 0. The molecule has 0 radical (unpaired) electrons. The van der Waals surface area contributed by atoms with Gasteiger partial charge in [0, 0.05) is 6.54 Å². The number of piperidine rings is 1. The Bertz CT molecular complexity index is 164. The molecule has 2 nitrogen and oxygen atoms in total. The monoisotopic (exact) mass is 196 g/mol. The molecule has 2 heteroatoms. The number of nitrogens with zero attached hydrogens (tertiary/aromatic N) is 1. The molecular weight excluding hydrogens is 172 g/mol. The van der Waals surface area contributed by atoms with Crippen molar-refractivity contribution in [2.45, 2.75) is 32.1 Å². The molecule has 1 aliphatic heterocycles. The molecule has 1 saturated carbocycles. The topological polar surface area (TPSA) is 15.3 Å². The first-order chi connectivity index (χ1) is 6.88. The van der Waals surface area contributed by atoms with E-state index in [0.717, 1.165) is 11.8 Å². The van der Waals surface area contributed by atoms with Crippen LogP contribution in [0.1, 0.15) is 32.1 Å². The molecule has 1 saturated heterocycles. The molecule has 14 heavy (non-hydrogen) atoms. The van der Waals surface area contributed by atoms with Crippen LogP contribution in [0.4, 0.5) is 0 Å². The van der Waals surface area contributed by atoms with E-state index in [1.165, 1.54) is 58.3 Å². The molecule has 2 rings (SSSR count). The van der Waals surface area contributed by atoms with Gasteiger partial charge in [0.05, 0.1) is 0 Å². The largest absolute Gasteiger partial charge is 0.319 e. The number of hydrogen-bond donors (Lipinski definition) is 1. The van der Waals surface area contributed by atoms with Gasteiger partial charge >= 0.3 is 0 Å². The molecule has 1 N–H and O–H groups in total. The second-order valence-electron chi connectivity index (χ2n) is 5.10. The Morgan fingerprint density at radius 2 is 2.07 bits per heavy atom. The van der Waals surface area contributed by atoms with Crippen LogP contribution in [0.15, 0.2) is 0 Å². The van der Waals surface area contributed by atoms with Crippen LogP contribution in [-0.2, 0) is 0 Å². The summed E-state index contributed by atoms with van der Waals surface area (Å²) in [5, 5.41) is 3.31. The maximum absolute atomic E-state index is 3.31. The minimum atomic E-state index is 0.910. The average molecular weight is 196 g/mol. The van der Waals surface area contributed by atoms with Crippen molar-refractivity contribution in [1.82, 2.24) is 10.2 Å². The second kappa shape index (κ2) is 5.13. The van der Waals surface area contributed by atoms with E-state index in [1.54, 1.807) is 0 Å². The Kier molecular flexibility index (Phi) is 3.82. The Morgan fingerprint density at radius 3 is 2.79 bits per heavy atom. The quantitative estimate of drug-likeness (QED) is 0.720. The fraction of sp³-hybridized carbons (Fsp3) is 1.00. The fourth-order valence-electron chi connectivity index (χ4n) is 2.58. The Balaban J connectivity index is 1.64. The molecule has 0 aromatic rings. The van der Waals surface area contributed by atoms with Crippen molar-refractivity contribution in [2.24, 2.45) is 11.8 Å². The summed E-state index contributed by atoms with van der Waals surface area (Å²) in [5.74, 6) is 2.01. The molecule has 82 valence electrons. The maximum Gasteiger partial charge on any atom is 0.00218 e. The molecule has 0 aromatic heterocycles. The highest BCUT2D eigenvalue weighted by Crippen LogP contribution is 2.32. The number of likely N-dealkylation sites (tertiary alicyclic amines) is 1. The van der Waals surface area contributed by atoms with Gasteiger partial charge in [-0.15, -0.1) is 0 Å². The van der Waals surface area contributed by atoms with Gasteiger partial charge in [0.15, 0.2) is 0 Å². The van der Waals surface area contributed by atoms with Crippen molar-refractivity contribution in [3.8, 4) is 0 Å². The van der Waals surface area contributed by atoms with Gasteiger partial charge in [-0.3, -0.25) is 0 Å². The molecule has 2 fully saturated rings. The third-order valence-corrected chi connectivity index (χ3v) is 3.65. The van der Waals surface area contributed by atoms with Crippen LogP contribution in [0.25, 0.3) is 0 Å². The van der Waals surface area contributed by atoms with Crippen LogP contribution in [0.3, 0.4) is 0 Å². The summed E-state index contributed by atoms with van der Waals surface area (Å²) in [5.41, 5.74) is 0. The predicted molar refractivity (Wildman–Crippen MR) is 60.4 cm³/mol. The Labute approximate surface area is 88.1 Å². The lowest BCUT2D eigenvalue weighted by Crippen LogP contribution is -2.39. The van der Waals surface area contributed by atoms with Crippen molar-refractivity contribution in [3.05, 3.63) is 0 Å². The highest BCUT2D eigenvalue weighted by Gasteiger charge is 2.24. The smallest absolute Gasteiger partial charge is 0.00218 e. The molecule has 0 aromatic carbocycles. The number of hydrogen-bond acceptors (Lipinski definition) is 2. The van der Waals surface area contributed by atoms with Gasteiger partial charge in [0.2, 0.25) is 0 Å². The fourth-order valence-corrected chi connectivity index (χ4v) is 2.58. The van der Waals surface area contributed by atoms with E-state index < -0.39 is 0 Å². The highest BCUT2D eigenvalue weighted by atomic mass is 15.1. The number of rotatable bonds is 5. The van der Waals surface area contributed by atoms with E-state index in [4.69, 9.17) is 0 Å². The first-order valence-electron chi connectivity index (χ1n) is 6.25. The van der Waals surface area contributed by atoms with Gasteiger partial charge in [-0.05, 0) is 57.8 Å². The standard InChI is InChI=1S/C12H24N2/c1-13-9-12-3-2-7-14(10-12)8-6-11-4-5-11/h11-13H,2-10H2,1H3. The van der Waals surface area contributed by atoms with E-state index in [1.807, 2.05) is 0 Å².